The van der Waals surface area contributed by atoms with Crippen LogP contribution in [-0.4, -0.2) is 19.5 Å². The van der Waals surface area contributed by atoms with Crippen LogP contribution in [0.2, 0.25) is 0 Å². The lowest BCUT2D eigenvalue weighted by atomic mass is 10.1. The number of anilines is 1. The van der Waals surface area contributed by atoms with Gasteiger partial charge in [0.25, 0.3) is 5.91 Å². The van der Waals surface area contributed by atoms with Gasteiger partial charge in [-0.3, -0.25) is 4.79 Å². The average Bonchev–Trinajstić information content (AvgIpc) is 2.57. The normalized spacial score (nSPS) is 12.1. The largest absolute Gasteiger partial charge is 0.326 e. The van der Waals surface area contributed by atoms with Gasteiger partial charge < -0.3 is 10.2 Å². The van der Waals surface area contributed by atoms with Crippen molar-refractivity contribution in [2.45, 2.75) is 6.54 Å². The molecule has 0 saturated carbocycles. The van der Waals surface area contributed by atoms with Crippen molar-refractivity contribution in [1.82, 2.24) is 0 Å². The van der Waals surface area contributed by atoms with Gasteiger partial charge in [0.2, 0.25) is 0 Å². The summed E-state index contributed by atoms with van der Waals surface area (Å²) in [6.07, 6.45) is 0. The number of quaternary nitrogens is 1. The zero-order valence-corrected chi connectivity index (χ0v) is 13.6. The Kier molecular flexibility index (Phi) is 4.87. The number of rotatable bonds is 5. The van der Waals surface area contributed by atoms with E-state index in [2.05, 4.69) is 5.32 Å². The molecule has 0 fully saturated rings. The van der Waals surface area contributed by atoms with Crippen LogP contribution in [0.1, 0.15) is 5.56 Å². The Labute approximate surface area is 140 Å². The van der Waals surface area contributed by atoms with Gasteiger partial charge in [-0.05, 0) is 23.6 Å². The van der Waals surface area contributed by atoms with Crippen molar-refractivity contribution in [3.8, 4) is 0 Å². The number of benzene rings is 3. The van der Waals surface area contributed by atoms with Crippen molar-refractivity contribution < 1.29 is 14.1 Å². The molecule has 0 aliphatic rings. The second-order valence-electron chi connectivity index (χ2n) is 6.01. The summed E-state index contributed by atoms with van der Waals surface area (Å²) in [5.74, 6) is -0.281. The number of fused-ring (bicyclic) bond motifs is 1. The minimum absolute atomic E-state index is 0.0361. The molecule has 1 unspecified atom stereocenters. The number of carbonyl (C=O) groups is 1. The zero-order chi connectivity index (χ0) is 16.9. The molecule has 3 rings (SSSR count). The highest BCUT2D eigenvalue weighted by Crippen LogP contribution is 2.22. The van der Waals surface area contributed by atoms with Crippen molar-refractivity contribution in [1.29, 1.82) is 0 Å². The Bertz CT molecular complexity index is 840. The van der Waals surface area contributed by atoms with Crippen LogP contribution in [0.4, 0.5) is 10.1 Å². The van der Waals surface area contributed by atoms with Crippen molar-refractivity contribution in [2.75, 3.05) is 18.9 Å². The van der Waals surface area contributed by atoms with E-state index in [4.69, 9.17) is 0 Å². The molecule has 2 N–H and O–H groups in total. The molecule has 24 heavy (non-hydrogen) atoms. The summed E-state index contributed by atoms with van der Waals surface area (Å²) in [7, 11) is 1.95. The SMILES string of the molecule is C[NH+](CC(=O)Nc1cccc2ccccc12)Cc1ccc(F)cc1. The fourth-order valence-corrected chi connectivity index (χ4v) is 2.82. The first-order valence-electron chi connectivity index (χ1n) is 7.95. The summed E-state index contributed by atoms with van der Waals surface area (Å²) in [4.78, 5) is 13.4. The van der Waals surface area contributed by atoms with Crippen LogP contribution < -0.4 is 10.2 Å². The summed E-state index contributed by atoms with van der Waals surface area (Å²) >= 11 is 0. The van der Waals surface area contributed by atoms with Gasteiger partial charge in [-0.2, -0.15) is 0 Å². The minimum Gasteiger partial charge on any atom is -0.326 e. The molecule has 0 heterocycles. The van der Waals surface area contributed by atoms with Gasteiger partial charge in [-0.1, -0.05) is 48.5 Å². The Morgan fingerprint density at radius 2 is 1.71 bits per heavy atom. The maximum Gasteiger partial charge on any atom is 0.279 e. The predicted molar refractivity (Wildman–Crippen MR) is 94.4 cm³/mol. The van der Waals surface area contributed by atoms with Crippen molar-refractivity contribution >= 4 is 22.4 Å². The molecule has 3 nitrogen and oxygen atoms in total. The number of carbonyl (C=O) groups excluding carboxylic acids is 1. The van der Waals surface area contributed by atoms with Crippen LogP contribution in [0.5, 0.6) is 0 Å². The number of likely N-dealkylation sites (N-methyl/N-ethyl adjacent to an activating group) is 1. The van der Waals surface area contributed by atoms with Gasteiger partial charge in [0.15, 0.2) is 6.54 Å². The van der Waals surface area contributed by atoms with E-state index in [0.717, 1.165) is 26.9 Å². The molecular formula is C20H20FN2O+. The third-order valence-electron chi connectivity index (χ3n) is 3.95. The van der Waals surface area contributed by atoms with E-state index in [9.17, 15) is 9.18 Å². The maximum absolute atomic E-state index is 12.9. The Hall–Kier alpha value is -2.72. The van der Waals surface area contributed by atoms with Crippen LogP contribution >= 0.6 is 0 Å². The third-order valence-corrected chi connectivity index (χ3v) is 3.95. The molecule has 3 aromatic carbocycles. The van der Waals surface area contributed by atoms with Gasteiger partial charge in [0, 0.05) is 16.6 Å². The molecule has 0 saturated heterocycles. The number of hydrogen-bond acceptors (Lipinski definition) is 1. The van der Waals surface area contributed by atoms with E-state index in [0.29, 0.717) is 13.1 Å². The van der Waals surface area contributed by atoms with E-state index in [1.54, 1.807) is 12.1 Å². The number of amides is 1. The molecule has 4 heteroatoms. The van der Waals surface area contributed by atoms with Gasteiger partial charge in [-0.15, -0.1) is 0 Å². The van der Waals surface area contributed by atoms with E-state index >= 15 is 0 Å². The lowest BCUT2D eigenvalue weighted by molar-refractivity contribution is -0.885. The van der Waals surface area contributed by atoms with E-state index in [-0.39, 0.29) is 11.7 Å². The average molecular weight is 323 g/mol. The lowest BCUT2D eigenvalue weighted by Crippen LogP contribution is -3.08. The van der Waals surface area contributed by atoms with Crippen LogP contribution in [0.3, 0.4) is 0 Å². The van der Waals surface area contributed by atoms with E-state index in [1.165, 1.54) is 12.1 Å². The highest BCUT2D eigenvalue weighted by molar-refractivity contribution is 6.02. The Balaban J connectivity index is 1.63. The molecule has 0 aliphatic carbocycles. The quantitative estimate of drug-likeness (QED) is 0.743. The number of nitrogens with one attached hydrogen (secondary N) is 2. The van der Waals surface area contributed by atoms with Crippen LogP contribution in [0, 0.1) is 5.82 Å². The van der Waals surface area contributed by atoms with Gasteiger partial charge >= 0.3 is 0 Å². The number of halogens is 1. The first-order chi connectivity index (χ1) is 11.6. The molecule has 0 spiro atoms. The minimum atomic E-state index is -0.245. The molecule has 3 aromatic rings. The standard InChI is InChI=1S/C20H19FN2O/c1-23(13-15-9-11-17(21)12-10-15)14-20(24)22-19-8-4-6-16-5-2-3-7-18(16)19/h2-12H,13-14H2,1H3,(H,22,24)/p+1. The number of hydrogen-bond donors (Lipinski definition) is 2. The summed E-state index contributed by atoms with van der Waals surface area (Å²) in [6, 6.07) is 20.2. The topological polar surface area (TPSA) is 33.5 Å². The molecule has 0 aromatic heterocycles. The second-order valence-corrected chi connectivity index (χ2v) is 6.01. The zero-order valence-electron chi connectivity index (χ0n) is 13.6. The summed E-state index contributed by atoms with van der Waals surface area (Å²) in [5.41, 5.74) is 1.83. The monoisotopic (exact) mass is 323 g/mol. The third kappa shape index (κ3) is 3.97. The van der Waals surface area contributed by atoms with E-state index in [1.807, 2.05) is 49.5 Å². The lowest BCUT2D eigenvalue weighted by Gasteiger charge is -2.14. The highest BCUT2D eigenvalue weighted by Gasteiger charge is 2.12. The second kappa shape index (κ2) is 7.23. The van der Waals surface area contributed by atoms with Gasteiger partial charge in [0.05, 0.1) is 7.05 Å². The van der Waals surface area contributed by atoms with Crippen LogP contribution in [0.15, 0.2) is 66.7 Å². The molecule has 1 atom stereocenters. The molecule has 0 bridgehead atoms. The van der Waals surface area contributed by atoms with E-state index < -0.39 is 0 Å². The first-order valence-corrected chi connectivity index (χ1v) is 7.95. The van der Waals surface area contributed by atoms with Gasteiger partial charge in [0.1, 0.15) is 12.4 Å². The Morgan fingerprint density at radius 3 is 2.50 bits per heavy atom. The van der Waals surface area contributed by atoms with Crippen LogP contribution in [0.25, 0.3) is 10.8 Å². The molecular weight excluding hydrogens is 303 g/mol. The fourth-order valence-electron chi connectivity index (χ4n) is 2.82. The summed E-state index contributed by atoms with van der Waals surface area (Å²) in [5, 5.41) is 5.12. The molecule has 1 amide bonds. The highest BCUT2D eigenvalue weighted by atomic mass is 19.1. The maximum atomic E-state index is 12.9. The molecule has 0 radical (unpaired) electrons. The first kappa shape index (κ1) is 16.1. The van der Waals surface area contributed by atoms with Crippen molar-refractivity contribution in [3.05, 3.63) is 78.1 Å². The molecule has 122 valence electrons. The van der Waals surface area contributed by atoms with Crippen LogP contribution in [-0.2, 0) is 11.3 Å². The predicted octanol–water partition coefficient (Wildman–Crippen LogP) is 2.63. The van der Waals surface area contributed by atoms with Crippen molar-refractivity contribution in [2.24, 2.45) is 0 Å². The summed E-state index contributed by atoms with van der Waals surface area (Å²) < 4.78 is 12.9. The smallest absolute Gasteiger partial charge is 0.279 e. The Morgan fingerprint density at radius 1 is 1.00 bits per heavy atom. The van der Waals surface area contributed by atoms with Crippen molar-refractivity contribution in [3.63, 3.8) is 0 Å². The fraction of sp³-hybridized carbons (Fsp3) is 0.150. The molecule has 0 aliphatic heterocycles. The summed E-state index contributed by atoms with van der Waals surface area (Å²) in [6.45, 7) is 1.02. The van der Waals surface area contributed by atoms with Gasteiger partial charge in [-0.25, -0.2) is 4.39 Å².